The van der Waals surface area contributed by atoms with Crippen molar-refractivity contribution >= 4 is 11.8 Å². The fourth-order valence-corrected chi connectivity index (χ4v) is 2.41. The summed E-state index contributed by atoms with van der Waals surface area (Å²) < 4.78 is 10.7. The quantitative estimate of drug-likeness (QED) is 0.615. The minimum atomic E-state index is -0.876. The van der Waals surface area contributed by atoms with Crippen molar-refractivity contribution in [3.05, 3.63) is 41.5 Å². The third-order valence-corrected chi connectivity index (χ3v) is 3.12. The molecule has 19 heavy (non-hydrogen) atoms. The van der Waals surface area contributed by atoms with Gasteiger partial charge in [-0.05, 0) is 30.7 Å². The predicted molar refractivity (Wildman–Crippen MR) is 70.0 cm³/mol. The van der Waals surface area contributed by atoms with Gasteiger partial charge in [0, 0.05) is 18.9 Å². The molecular formula is C15H16O4. The molecule has 0 saturated heterocycles. The number of allylic oxidation sites excluding steroid dienone is 1. The molecule has 1 aliphatic carbocycles. The van der Waals surface area contributed by atoms with Crippen molar-refractivity contribution < 1.29 is 19.1 Å². The minimum Gasteiger partial charge on any atom is -0.496 e. The number of carbonyl (C=O) groups is 2. The molecule has 4 heteroatoms. The van der Waals surface area contributed by atoms with Gasteiger partial charge in [-0.25, -0.2) is 0 Å². The molecule has 0 bridgehead atoms. The summed E-state index contributed by atoms with van der Waals surface area (Å²) in [4.78, 5) is 22.4. The smallest absolute Gasteiger partial charge is 0.303 e. The maximum atomic E-state index is 11.3. The van der Waals surface area contributed by atoms with Crippen LogP contribution in [0.4, 0.5) is 0 Å². The molecule has 0 fully saturated rings. The van der Waals surface area contributed by atoms with E-state index in [9.17, 15) is 9.59 Å². The monoisotopic (exact) mass is 260 g/mol. The fourth-order valence-electron chi connectivity index (χ4n) is 2.41. The first-order valence-corrected chi connectivity index (χ1v) is 6.04. The van der Waals surface area contributed by atoms with Crippen molar-refractivity contribution in [3.63, 3.8) is 0 Å². The van der Waals surface area contributed by atoms with Gasteiger partial charge in [0.15, 0.2) is 11.4 Å². The van der Waals surface area contributed by atoms with Crippen LogP contribution in [0.2, 0.25) is 0 Å². The van der Waals surface area contributed by atoms with E-state index in [0.717, 1.165) is 11.1 Å². The molecule has 1 aromatic carbocycles. The van der Waals surface area contributed by atoms with Crippen molar-refractivity contribution in [1.29, 1.82) is 0 Å². The molecule has 1 aliphatic rings. The number of rotatable bonds is 4. The third-order valence-electron chi connectivity index (χ3n) is 3.12. The van der Waals surface area contributed by atoms with Gasteiger partial charge < -0.3 is 9.47 Å². The number of ketones is 1. The number of esters is 1. The standard InChI is InChI=1S/C15H16O4/c1-10(16)7-8-15(19-11(2)17)9-12-5-4-6-13(18-3)14(12)15/h4-8H,9H2,1-3H3/b8-7+. The van der Waals surface area contributed by atoms with Gasteiger partial charge in [0.05, 0.1) is 7.11 Å². The van der Waals surface area contributed by atoms with E-state index in [4.69, 9.17) is 9.47 Å². The first-order chi connectivity index (χ1) is 8.98. The highest BCUT2D eigenvalue weighted by molar-refractivity contribution is 5.87. The van der Waals surface area contributed by atoms with Crippen molar-refractivity contribution in [2.45, 2.75) is 25.9 Å². The maximum absolute atomic E-state index is 11.3. The molecule has 0 aromatic heterocycles. The SMILES string of the molecule is COc1cccc2c1C(/C=C/C(C)=O)(OC(C)=O)C2. The zero-order valence-corrected chi connectivity index (χ0v) is 11.2. The maximum Gasteiger partial charge on any atom is 0.303 e. The molecule has 4 nitrogen and oxygen atoms in total. The summed E-state index contributed by atoms with van der Waals surface area (Å²) in [6, 6.07) is 5.67. The Balaban J connectivity index is 2.47. The fraction of sp³-hybridized carbons (Fsp3) is 0.333. The Morgan fingerprint density at radius 2 is 2.05 bits per heavy atom. The van der Waals surface area contributed by atoms with Crippen molar-refractivity contribution in [1.82, 2.24) is 0 Å². The molecule has 100 valence electrons. The van der Waals surface area contributed by atoms with Gasteiger partial charge in [0.2, 0.25) is 0 Å². The highest BCUT2D eigenvalue weighted by atomic mass is 16.6. The molecular weight excluding hydrogens is 244 g/mol. The lowest BCUT2D eigenvalue weighted by Gasteiger charge is -2.41. The van der Waals surface area contributed by atoms with Crippen LogP contribution in [-0.2, 0) is 26.3 Å². The van der Waals surface area contributed by atoms with E-state index in [2.05, 4.69) is 0 Å². The second-order valence-electron chi connectivity index (χ2n) is 4.60. The van der Waals surface area contributed by atoms with Crippen LogP contribution in [0.25, 0.3) is 0 Å². The van der Waals surface area contributed by atoms with E-state index in [1.165, 1.54) is 19.9 Å². The summed E-state index contributed by atoms with van der Waals surface area (Å²) in [5, 5.41) is 0. The molecule has 0 radical (unpaired) electrons. The second kappa shape index (κ2) is 4.88. The Hall–Kier alpha value is -2.10. The van der Waals surface area contributed by atoms with Crippen molar-refractivity contribution in [2.24, 2.45) is 0 Å². The minimum absolute atomic E-state index is 0.0881. The summed E-state index contributed by atoms with van der Waals surface area (Å²) in [5.74, 6) is 0.192. The lowest BCUT2D eigenvalue weighted by atomic mass is 9.72. The number of ether oxygens (including phenoxy) is 2. The highest BCUT2D eigenvalue weighted by Gasteiger charge is 2.46. The van der Waals surface area contributed by atoms with Crippen LogP contribution in [0.5, 0.6) is 5.75 Å². The summed E-state index contributed by atoms with van der Waals surface area (Å²) >= 11 is 0. The Morgan fingerprint density at radius 1 is 1.32 bits per heavy atom. The van der Waals surface area contributed by atoms with Crippen LogP contribution >= 0.6 is 0 Å². The summed E-state index contributed by atoms with van der Waals surface area (Å²) in [6.07, 6.45) is 3.63. The van der Waals surface area contributed by atoms with Crippen molar-refractivity contribution in [2.75, 3.05) is 7.11 Å². The number of methoxy groups -OCH3 is 1. The van der Waals surface area contributed by atoms with Gasteiger partial charge in [0.1, 0.15) is 5.75 Å². The van der Waals surface area contributed by atoms with Gasteiger partial charge in [-0.1, -0.05) is 12.1 Å². The zero-order chi connectivity index (χ0) is 14.0. The molecule has 1 atom stereocenters. The molecule has 0 saturated carbocycles. The first-order valence-electron chi connectivity index (χ1n) is 6.04. The van der Waals surface area contributed by atoms with Crippen LogP contribution in [0, 0.1) is 0 Å². The van der Waals surface area contributed by atoms with E-state index < -0.39 is 5.60 Å². The summed E-state index contributed by atoms with van der Waals surface area (Å²) in [5.41, 5.74) is 1.01. The third kappa shape index (κ3) is 2.38. The molecule has 0 amide bonds. The van der Waals surface area contributed by atoms with Crippen LogP contribution in [-0.4, -0.2) is 18.9 Å². The van der Waals surface area contributed by atoms with E-state index in [1.807, 2.05) is 18.2 Å². The van der Waals surface area contributed by atoms with E-state index in [0.29, 0.717) is 12.2 Å². The highest BCUT2D eigenvalue weighted by Crippen LogP contribution is 2.48. The Labute approximate surface area is 112 Å². The van der Waals surface area contributed by atoms with Crippen LogP contribution < -0.4 is 4.74 Å². The number of hydrogen-bond acceptors (Lipinski definition) is 4. The largest absolute Gasteiger partial charge is 0.496 e. The Bertz CT molecular complexity index is 559. The molecule has 0 aliphatic heterocycles. The van der Waals surface area contributed by atoms with Gasteiger partial charge in [-0.2, -0.15) is 0 Å². The Kier molecular flexibility index (Phi) is 3.42. The van der Waals surface area contributed by atoms with Crippen LogP contribution in [0.15, 0.2) is 30.4 Å². The lowest BCUT2D eigenvalue weighted by molar-refractivity contribution is -0.155. The second-order valence-corrected chi connectivity index (χ2v) is 4.60. The predicted octanol–water partition coefficient (Wildman–Crippen LogP) is 2.15. The van der Waals surface area contributed by atoms with E-state index in [-0.39, 0.29) is 11.8 Å². The normalized spacial score (nSPS) is 20.6. The summed E-state index contributed by atoms with van der Waals surface area (Å²) in [7, 11) is 1.57. The average Bonchev–Trinajstić information content (AvgIpc) is 2.32. The van der Waals surface area contributed by atoms with Crippen molar-refractivity contribution in [3.8, 4) is 5.75 Å². The molecule has 1 unspecified atom stereocenters. The van der Waals surface area contributed by atoms with Gasteiger partial charge in [0.25, 0.3) is 0 Å². The lowest BCUT2D eigenvalue weighted by Crippen LogP contribution is -2.41. The average molecular weight is 260 g/mol. The molecule has 1 aromatic rings. The summed E-state index contributed by atoms with van der Waals surface area (Å²) in [6.45, 7) is 2.82. The van der Waals surface area contributed by atoms with Crippen LogP contribution in [0.3, 0.4) is 0 Å². The number of carbonyl (C=O) groups excluding carboxylic acids is 2. The molecule has 0 spiro atoms. The van der Waals surface area contributed by atoms with Gasteiger partial charge >= 0.3 is 5.97 Å². The van der Waals surface area contributed by atoms with Crippen LogP contribution in [0.1, 0.15) is 25.0 Å². The van der Waals surface area contributed by atoms with Gasteiger partial charge in [-0.15, -0.1) is 0 Å². The number of fused-ring (bicyclic) bond motifs is 1. The topological polar surface area (TPSA) is 52.6 Å². The van der Waals surface area contributed by atoms with Gasteiger partial charge in [-0.3, -0.25) is 9.59 Å². The number of hydrogen-bond donors (Lipinski definition) is 0. The number of benzene rings is 1. The molecule has 2 rings (SSSR count). The van der Waals surface area contributed by atoms with E-state index in [1.54, 1.807) is 13.2 Å². The first kappa shape index (κ1) is 13.3. The molecule has 0 heterocycles. The zero-order valence-electron chi connectivity index (χ0n) is 11.2. The Morgan fingerprint density at radius 3 is 2.63 bits per heavy atom. The van der Waals surface area contributed by atoms with E-state index >= 15 is 0 Å². The molecule has 0 N–H and O–H groups in total.